The minimum Gasteiger partial charge on any atom is -0.481 e. The van der Waals surface area contributed by atoms with Crippen molar-refractivity contribution >= 4 is 21.7 Å². The van der Waals surface area contributed by atoms with Crippen LogP contribution < -0.4 is 19.5 Å². The lowest BCUT2D eigenvalue weighted by atomic mass is 10.2. The number of hydrogen-bond donors (Lipinski definition) is 1. The Morgan fingerprint density at radius 2 is 1.85 bits per heavy atom. The third-order valence-electron chi connectivity index (χ3n) is 3.23. The Labute approximate surface area is 167 Å². The van der Waals surface area contributed by atoms with Crippen LogP contribution in [0.3, 0.4) is 0 Å². The maximum atomic E-state index is 7.24. The summed E-state index contributed by atoms with van der Waals surface area (Å²) in [7, 11) is -5.63. The summed E-state index contributed by atoms with van der Waals surface area (Å²) in [6.07, 6.45) is 1.65. The van der Waals surface area contributed by atoms with E-state index in [0.717, 1.165) is 10.5 Å². The number of ether oxygens (including phenoxy) is 3. The third-order valence-corrected chi connectivity index (χ3v) is 3.70. The molecule has 0 aliphatic carbocycles. The van der Waals surface area contributed by atoms with Crippen LogP contribution in [-0.2, 0) is 6.54 Å². The second-order valence-corrected chi connectivity index (χ2v) is 5.87. The fourth-order valence-corrected chi connectivity index (χ4v) is 2.28. The molecule has 1 N–H and O–H groups in total. The number of halogens is 1. The molecule has 1 aromatic carbocycles. The van der Waals surface area contributed by atoms with Gasteiger partial charge < -0.3 is 19.5 Å². The maximum Gasteiger partial charge on any atom is 0.328 e. The van der Waals surface area contributed by atoms with Gasteiger partial charge in [0.1, 0.15) is 11.6 Å². The summed E-state index contributed by atoms with van der Waals surface area (Å²) < 4.78 is 59.5. The van der Waals surface area contributed by atoms with Crippen LogP contribution in [0.1, 0.15) is 13.8 Å². The summed E-state index contributed by atoms with van der Waals surface area (Å²) in [5, 5.41) is 3.15. The number of benzene rings is 1. The van der Waals surface area contributed by atoms with Gasteiger partial charge in [-0.05, 0) is 34.1 Å². The standard InChI is InChI=1S/C18H17BrN4O3/c1-24-16-9-17(25-2)23-18(22-16)26-14-6-4-3-5-12(14)10-20-15-8-7-13(19)11-21-15/h3-9,11H,10H2,1-2H3,(H,20,21)/i1D3,2D3. The topological polar surface area (TPSA) is 78.4 Å². The van der Waals surface area contributed by atoms with Crippen molar-refractivity contribution in [2.45, 2.75) is 6.54 Å². The van der Waals surface area contributed by atoms with Crippen molar-refractivity contribution in [2.75, 3.05) is 19.4 Å². The van der Waals surface area contributed by atoms with Gasteiger partial charge in [0, 0.05) is 22.8 Å². The fraction of sp³-hybridized carbons (Fsp3) is 0.167. The fourth-order valence-electron chi connectivity index (χ4n) is 2.05. The van der Waals surface area contributed by atoms with Crippen molar-refractivity contribution in [1.29, 1.82) is 0 Å². The van der Waals surface area contributed by atoms with E-state index < -0.39 is 25.8 Å². The Bertz CT molecular complexity index is 1030. The number of pyridine rings is 1. The van der Waals surface area contributed by atoms with Crippen molar-refractivity contribution in [2.24, 2.45) is 0 Å². The number of methoxy groups -OCH3 is 2. The first kappa shape index (κ1) is 11.7. The van der Waals surface area contributed by atoms with E-state index in [9.17, 15) is 0 Å². The molecule has 0 unspecified atom stereocenters. The van der Waals surface area contributed by atoms with Gasteiger partial charge in [0.15, 0.2) is 0 Å². The van der Waals surface area contributed by atoms with Gasteiger partial charge in [-0.15, -0.1) is 0 Å². The molecule has 2 aromatic heterocycles. The van der Waals surface area contributed by atoms with E-state index in [-0.39, 0.29) is 6.01 Å². The summed E-state index contributed by atoms with van der Waals surface area (Å²) in [5.41, 5.74) is 0.709. The van der Waals surface area contributed by atoms with E-state index in [1.54, 1.807) is 36.5 Å². The third kappa shape index (κ3) is 4.60. The van der Waals surface area contributed by atoms with Gasteiger partial charge in [-0.3, -0.25) is 0 Å². The Kier molecular flexibility index (Phi) is 3.81. The molecule has 0 saturated heterocycles. The molecule has 3 rings (SSSR count). The van der Waals surface area contributed by atoms with E-state index in [0.29, 0.717) is 23.7 Å². The normalized spacial score (nSPS) is 14.7. The van der Waals surface area contributed by atoms with Crippen molar-refractivity contribution < 1.29 is 22.4 Å². The molecule has 0 aliphatic heterocycles. The highest BCUT2D eigenvalue weighted by molar-refractivity contribution is 9.10. The van der Waals surface area contributed by atoms with Crippen LogP contribution in [-0.4, -0.2) is 29.0 Å². The molecule has 7 nitrogen and oxygen atoms in total. The highest BCUT2D eigenvalue weighted by Crippen LogP contribution is 2.27. The smallest absolute Gasteiger partial charge is 0.328 e. The summed E-state index contributed by atoms with van der Waals surface area (Å²) in [4.78, 5) is 12.0. The highest BCUT2D eigenvalue weighted by atomic mass is 79.9. The first-order chi connectivity index (χ1) is 15.0. The summed E-state index contributed by atoms with van der Waals surface area (Å²) >= 11 is 3.32. The van der Waals surface area contributed by atoms with Gasteiger partial charge in [-0.2, -0.15) is 9.97 Å². The van der Waals surface area contributed by atoms with Crippen molar-refractivity contribution in [3.8, 4) is 23.5 Å². The molecular weight excluding hydrogens is 400 g/mol. The zero-order valence-electron chi connectivity index (χ0n) is 19.3. The minimum absolute atomic E-state index is 0.342. The molecule has 2 heterocycles. The van der Waals surface area contributed by atoms with Crippen LogP contribution in [0.25, 0.3) is 0 Å². The van der Waals surface area contributed by atoms with E-state index in [1.807, 2.05) is 6.07 Å². The minimum atomic E-state index is -2.82. The molecular formula is C18H17BrN4O3. The summed E-state index contributed by atoms with van der Waals surface area (Å²) in [6, 6.07) is 11.2. The SMILES string of the molecule is [2H]C([2H])([2H])Oc1cc(OC([2H])([2H])[2H])nc(Oc2ccccc2CNc2ccc(Br)cn2)n1. The lowest BCUT2D eigenvalue weighted by molar-refractivity contribution is 0.347. The first-order valence-electron chi connectivity index (χ1n) is 10.4. The molecule has 26 heavy (non-hydrogen) atoms. The van der Waals surface area contributed by atoms with Gasteiger partial charge in [-0.1, -0.05) is 18.2 Å². The lowest BCUT2D eigenvalue weighted by Gasteiger charge is -2.12. The van der Waals surface area contributed by atoms with E-state index in [1.165, 1.54) is 0 Å². The Morgan fingerprint density at radius 3 is 2.54 bits per heavy atom. The maximum absolute atomic E-state index is 7.24. The Balaban J connectivity index is 1.84. The number of para-hydroxylation sites is 1. The first-order valence-corrected chi connectivity index (χ1v) is 8.14. The van der Waals surface area contributed by atoms with E-state index in [2.05, 4.69) is 36.2 Å². The number of rotatable bonds is 7. The van der Waals surface area contributed by atoms with Crippen LogP contribution >= 0.6 is 15.9 Å². The van der Waals surface area contributed by atoms with Gasteiger partial charge in [0.2, 0.25) is 11.8 Å². The van der Waals surface area contributed by atoms with Gasteiger partial charge in [-0.25, -0.2) is 4.98 Å². The average molecular weight is 423 g/mol. The number of nitrogens with zero attached hydrogens (tertiary/aromatic N) is 3. The zero-order valence-corrected chi connectivity index (χ0v) is 14.9. The van der Waals surface area contributed by atoms with Crippen LogP contribution in [0.5, 0.6) is 23.5 Å². The quantitative estimate of drug-likeness (QED) is 0.614. The largest absolute Gasteiger partial charge is 0.481 e. The van der Waals surface area contributed by atoms with Gasteiger partial charge in [0.05, 0.1) is 28.4 Å². The van der Waals surface area contributed by atoms with Crippen LogP contribution in [0.2, 0.25) is 0 Å². The molecule has 3 aromatic rings. The molecule has 8 heteroatoms. The summed E-state index contributed by atoms with van der Waals surface area (Å²) in [5.74, 6) is 0.136. The molecule has 134 valence electrons. The van der Waals surface area contributed by atoms with Gasteiger partial charge in [0.25, 0.3) is 0 Å². The Hall–Kier alpha value is -2.87. The van der Waals surface area contributed by atoms with Crippen molar-refractivity contribution in [3.63, 3.8) is 0 Å². The number of nitrogens with one attached hydrogen (secondary N) is 1. The number of anilines is 1. The molecule has 0 fully saturated rings. The van der Waals surface area contributed by atoms with Crippen LogP contribution in [0.15, 0.2) is 53.1 Å². The van der Waals surface area contributed by atoms with Gasteiger partial charge >= 0.3 is 6.01 Å². The number of aromatic nitrogens is 3. The monoisotopic (exact) mass is 422 g/mol. The molecule has 0 radical (unpaired) electrons. The average Bonchev–Trinajstić information content (AvgIpc) is 2.65. The highest BCUT2D eigenvalue weighted by Gasteiger charge is 2.10. The van der Waals surface area contributed by atoms with E-state index >= 15 is 0 Å². The predicted molar refractivity (Wildman–Crippen MR) is 101 cm³/mol. The van der Waals surface area contributed by atoms with Crippen molar-refractivity contribution in [1.82, 2.24) is 15.0 Å². The van der Waals surface area contributed by atoms with Crippen LogP contribution in [0, 0.1) is 0 Å². The van der Waals surface area contributed by atoms with E-state index in [4.69, 9.17) is 22.4 Å². The molecule has 0 bridgehead atoms. The van der Waals surface area contributed by atoms with Crippen LogP contribution in [0.4, 0.5) is 5.82 Å². The molecule has 0 amide bonds. The Morgan fingerprint density at radius 1 is 1.08 bits per heavy atom. The van der Waals surface area contributed by atoms with Crippen molar-refractivity contribution in [3.05, 3.63) is 58.7 Å². The molecule has 0 spiro atoms. The zero-order chi connectivity index (χ0) is 23.4. The molecule has 0 atom stereocenters. The second kappa shape index (κ2) is 8.48. The summed E-state index contributed by atoms with van der Waals surface area (Å²) in [6.45, 7) is 0.342. The second-order valence-electron chi connectivity index (χ2n) is 4.96. The predicted octanol–water partition coefficient (Wildman–Crippen LogP) is 4.06. The lowest BCUT2D eigenvalue weighted by Crippen LogP contribution is -2.04. The number of hydrogen-bond acceptors (Lipinski definition) is 7. The molecule has 0 aliphatic rings. The molecule has 0 saturated carbocycles.